The number of imide groups is 1. The molecule has 0 bridgehead atoms. The van der Waals surface area contributed by atoms with Crippen LogP contribution in [0.2, 0.25) is 0 Å². The Morgan fingerprint density at radius 1 is 1.38 bits per heavy atom. The second kappa shape index (κ2) is 5.39. The van der Waals surface area contributed by atoms with Gasteiger partial charge in [0.2, 0.25) is 0 Å². The van der Waals surface area contributed by atoms with Crippen molar-refractivity contribution in [1.29, 1.82) is 0 Å². The monoisotopic (exact) mass is 370 g/mol. The molecule has 21 heavy (non-hydrogen) atoms. The molecule has 2 aliphatic rings. The van der Waals surface area contributed by atoms with Crippen molar-refractivity contribution in [2.24, 2.45) is 11.8 Å². The van der Waals surface area contributed by atoms with Gasteiger partial charge in [0.15, 0.2) is 0 Å². The summed E-state index contributed by atoms with van der Waals surface area (Å²) in [6, 6.07) is 1.70. The summed E-state index contributed by atoms with van der Waals surface area (Å²) in [5, 5.41) is 4.99. The summed E-state index contributed by atoms with van der Waals surface area (Å²) < 4.78 is 0.957. The highest BCUT2D eigenvalue weighted by Gasteiger charge is 2.58. The van der Waals surface area contributed by atoms with E-state index >= 15 is 0 Å². The van der Waals surface area contributed by atoms with Crippen LogP contribution in [-0.2, 0) is 11.3 Å². The molecule has 2 heterocycles. The normalized spacial score (nSPS) is 32.8. The predicted octanol–water partition coefficient (Wildman–Crippen LogP) is 3.76. The minimum atomic E-state index is -0.695. The van der Waals surface area contributed by atoms with Crippen LogP contribution in [0.4, 0.5) is 4.79 Å². The maximum atomic E-state index is 13.0. The lowest BCUT2D eigenvalue weighted by molar-refractivity contribution is -0.136. The molecular formula is C15H19BrN2O2S. The number of carbonyl (C=O) groups excluding carboxylic acids is 2. The number of hydrogen-bond acceptors (Lipinski definition) is 3. The number of hydrogen-bond donors (Lipinski definition) is 1. The van der Waals surface area contributed by atoms with E-state index in [-0.39, 0.29) is 23.8 Å². The number of thiophene rings is 1. The molecule has 1 aromatic rings. The van der Waals surface area contributed by atoms with E-state index in [4.69, 9.17) is 0 Å². The Morgan fingerprint density at radius 2 is 2.05 bits per heavy atom. The van der Waals surface area contributed by atoms with Crippen LogP contribution in [0.3, 0.4) is 0 Å². The van der Waals surface area contributed by atoms with Crippen LogP contribution in [0, 0.1) is 11.8 Å². The van der Waals surface area contributed by atoms with Crippen molar-refractivity contribution < 1.29 is 9.59 Å². The summed E-state index contributed by atoms with van der Waals surface area (Å²) in [6.07, 6.45) is 3.11. The second-order valence-electron chi connectivity index (χ2n) is 6.12. The zero-order valence-electron chi connectivity index (χ0n) is 12.2. The van der Waals surface area contributed by atoms with Crippen LogP contribution in [0.15, 0.2) is 15.9 Å². The molecule has 1 saturated carbocycles. The zero-order chi connectivity index (χ0) is 15.2. The van der Waals surface area contributed by atoms with Gasteiger partial charge in [-0.1, -0.05) is 20.3 Å². The first-order chi connectivity index (χ1) is 9.96. The molecule has 1 aromatic heterocycles. The Morgan fingerprint density at radius 3 is 2.62 bits per heavy atom. The molecule has 1 aliphatic carbocycles. The van der Waals surface area contributed by atoms with E-state index in [1.54, 1.807) is 11.3 Å². The van der Waals surface area contributed by atoms with Gasteiger partial charge in [0.05, 0.1) is 6.54 Å². The van der Waals surface area contributed by atoms with Gasteiger partial charge in [-0.15, -0.1) is 11.3 Å². The number of rotatable bonds is 2. The lowest BCUT2D eigenvalue weighted by Gasteiger charge is -2.42. The van der Waals surface area contributed by atoms with Crippen molar-refractivity contribution in [3.05, 3.63) is 20.8 Å². The second-order valence-corrected chi connectivity index (χ2v) is 7.97. The number of halogens is 1. The molecule has 1 aliphatic heterocycles. The fraction of sp³-hybridized carbons (Fsp3) is 0.600. The van der Waals surface area contributed by atoms with Crippen molar-refractivity contribution in [2.75, 3.05) is 0 Å². The first-order valence-corrected chi connectivity index (χ1v) is 9.00. The number of nitrogens with one attached hydrogen (secondary N) is 1. The average Bonchev–Trinajstić information content (AvgIpc) is 2.94. The molecule has 1 saturated heterocycles. The van der Waals surface area contributed by atoms with Crippen LogP contribution >= 0.6 is 27.3 Å². The molecule has 6 heteroatoms. The zero-order valence-corrected chi connectivity index (χ0v) is 14.6. The summed E-state index contributed by atoms with van der Waals surface area (Å²) in [4.78, 5) is 27.7. The maximum Gasteiger partial charge on any atom is 0.325 e. The molecule has 2 atom stereocenters. The summed E-state index contributed by atoms with van der Waals surface area (Å²) in [5.74, 6) is 0.330. The van der Waals surface area contributed by atoms with Gasteiger partial charge >= 0.3 is 6.03 Å². The quantitative estimate of drug-likeness (QED) is 0.805. The highest BCUT2D eigenvalue weighted by Crippen LogP contribution is 2.42. The highest BCUT2D eigenvalue weighted by atomic mass is 79.9. The van der Waals surface area contributed by atoms with Crippen LogP contribution in [0.25, 0.3) is 0 Å². The van der Waals surface area contributed by atoms with Crippen molar-refractivity contribution in [3.8, 4) is 0 Å². The molecule has 1 N–H and O–H groups in total. The number of amides is 3. The fourth-order valence-electron chi connectivity index (χ4n) is 3.68. The van der Waals surface area contributed by atoms with E-state index < -0.39 is 5.54 Å². The Bertz CT molecular complexity index is 576. The third-order valence-corrected chi connectivity index (χ3v) is 6.89. The van der Waals surface area contributed by atoms with Gasteiger partial charge in [-0.3, -0.25) is 9.69 Å². The Hall–Kier alpha value is -0.880. The molecule has 4 nitrogen and oxygen atoms in total. The summed E-state index contributed by atoms with van der Waals surface area (Å²) in [6.45, 7) is 4.51. The maximum absolute atomic E-state index is 13.0. The standard InChI is InChI=1S/C15H19BrN2O2S/c1-9-4-3-5-10(2)15(9)13(19)18(14(20)17-15)8-12-11(16)6-7-21-12/h6-7,9-10H,3-5,8H2,1-2H3,(H,17,20). The minimum Gasteiger partial charge on any atom is -0.323 e. The minimum absolute atomic E-state index is 0.0486. The average molecular weight is 371 g/mol. The summed E-state index contributed by atoms with van der Waals surface area (Å²) in [7, 11) is 0. The third-order valence-electron chi connectivity index (χ3n) is 4.98. The lowest BCUT2D eigenvalue weighted by Crippen LogP contribution is -2.58. The third kappa shape index (κ3) is 2.23. The van der Waals surface area contributed by atoms with Crippen LogP contribution in [-0.4, -0.2) is 22.4 Å². The first kappa shape index (κ1) is 15.0. The highest BCUT2D eigenvalue weighted by molar-refractivity contribution is 9.10. The van der Waals surface area contributed by atoms with Crippen molar-refractivity contribution in [1.82, 2.24) is 10.2 Å². The largest absolute Gasteiger partial charge is 0.325 e. The van der Waals surface area contributed by atoms with Crippen molar-refractivity contribution in [2.45, 2.75) is 45.2 Å². The molecular weight excluding hydrogens is 352 g/mol. The van der Waals surface area contributed by atoms with Crippen LogP contribution in [0.1, 0.15) is 38.0 Å². The van der Waals surface area contributed by atoms with E-state index in [9.17, 15) is 9.59 Å². The SMILES string of the molecule is CC1CCCC(C)C12NC(=O)N(Cc1sccc1Br)C2=O. The van der Waals surface area contributed by atoms with Crippen LogP contribution < -0.4 is 5.32 Å². The van der Waals surface area contributed by atoms with Gasteiger partial charge in [-0.2, -0.15) is 0 Å². The van der Waals surface area contributed by atoms with Gasteiger partial charge in [-0.05, 0) is 52.1 Å². The molecule has 3 amide bonds. The fourth-order valence-corrected chi connectivity index (χ4v) is 5.14. The van der Waals surface area contributed by atoms with Gasteiger partial charge in [-0.25, -0.2) is 4.79 Å². The topological polar surface area (TPSA) is 49.4 Å². The smallest absolute Gasteiger partial charge is 0.323 e. The van der Waals surface area contributed by atoms with E-state index in [0.29, 0.717) is 6.54 Å². The van der Waals surface area contributed by atoms with E-state index in [1.807, 2.05) is 11.4 Å². The van der Waals surface area contributed by atoms with Crippen LogP contribution in [0.5, 0.6) is 0 Å². The molecule has 3 rings (SSSR count). The molecule has 0 radical (unpaired) electrons. The van der Waals surface area contributed by atoms with Gasteiger partial charge in [0.25, 0.3) is 5.91 Å². The number of nitrogens with zero attached hydrogens (tertiary/aromatic N) is 1. The molecule has 2 fully saturated rings. The summed E-state index contributed by atoms with van der Waals surface area (Å²) >= 11 is 5.02. The van der Waals surface area contributed by atoms with E-state index in [2.05, 4.69) is 35.1 Å². The Labute approximate surface area is 137 Å². The molecule has 2 unspecified atom stereocenters. The predicted molar refractivity (Wildman–Crippen MR) is 86.0 cm³/mol. The molecule has 114 valence electrons. The van der Waals surface area contributed by atoms with E-state index in [1.165, 1.54) is 4.90 Å². The Balaban J connectivity index is 1.90. The summed E-state index contributed by atoms with van der Waals surface area (Å²) in [5.41, 5.74) is -0.695. The van der Waals surface area contributed by atoms with Crippen molar-refractivity contribution in [3.63, 3.8) is 0 Å². The number of urea groups is 1. The Kier molecular flexibility index (Phi) is 3.86. The van der Waals surface area contributed by atoms with Gasteiger partial charge in [0, 0.05) is 9.35 Å². The van der Waals surface area contributed by atoms with Crippen molar-refractivity contribution >= 4 is 39.2 Å². The first-order valence-electron chi connectivity index (χ1n) is 7.32. The molecule has 1 spiro atoms. The van der Waals surface area contributed by atoms with Gasteiger partial charge in [0.1, 0.15) is 5.54 Å². The number of carbonyl (C=O) groups is 2. The lowest BCUT2D eigenvalue weighted by atomic mass is 9.67. The van der Waals surface area contributed by atoms with Gasteiger partial charge < -0.3 is 5.32 Å². The molecule has 0 aromatic carbocycles. The van der Waals surface area contributed by atoms with E-state index in [0.717, 1.165) is 28.6 Å².